The maximum Gasteiger partial charge on any atom is 0.159 e. The van der Waals surface area contributed by atoms with Gasteiger partial charge in [0.15, 0.2) is 5.82 Å². The Morgan fingerprint density at radius 2 is 1.72 bits per heavy atom. The van der Waals surface area contributed by atoms with E-state index in [2.05, 4.69) is 51.0 Å². The maximum absolute atomic E-state index is 9.63. The van der Waals surface area contributed by atoms with Gasteiger partial charge in [-0.1, -0.05) is 0 Å². The molecule has 4 heterocycles. The Balaban J connectivity index is 1.55. The van der Waals surface area contributed by atoms with Crippen LogP contribution in [0.3, 0.4) is 0 Å². The molecule has 0 aliphatic carbocycles. The Morgan fingerprint density at radius 1 is 1.00 bits per heavy atom. The van der Waals surface area contributed by atoms with Gasteiger partial charge < -0.3 is 14.9 Å². The summed E-state index contributed by atoms with van der Waals surface area (Å²) in [5.74, 6) is 2.94. The van der Waals surface area contributed by atoms with Crippen LogP contribution >= 0.6 is 0 Å². The first-order chi connectivity index (χ1) is 14.0. The number of nitrogens with zero attached hydrogens (tertiary/aromatic N) is 6. The first-order valence-electron chi connectivity index (χ1n) is 10.4. The van der Waals surface area contributed by atoms with Crippen molar-refractivity contribution >= 4 is 16.7 Å². The van der Waals surface area contributed by atoms with Gasteiger partial charge in [-0.3, -0.25) is 0 Å². The Morgan fingerprint density at radius 3 is 2.45 bits per heavy atom. The molecule has 2 fully saturated rings. The molecule has 2 aliphatic rings. The van der Waals surface area contributed by atoms with Crippen molar-refractivity contribution in [1.82, 2.24) is 24.6 Å². The standard InChI is InChI=1S/C22H28N6O/c1-14-8-17-11-23-28(20(17)9-19(14)16-4-6-26(3)7-5-16)22-10-21(24-15(2)25-22)27-12-18(29)13-27/h8-11,16,18,29H,4-7,12-13H2,1-3H3. The lowest BCUT2D eigenvalue weighted by molar-refractivity contribution is 0.141. The van der Waals surface area contributed by atoms with E-state index in [4.69, 9.17) is 0 Å². The fourth-order valence-electron chi connectivity index (χ4n) is 4.60. The first-order valence-corrected chi connectivity index (χ1v) is 10.4. The van der Waals surface area contributed by atoms with Crippen molar-refractivity contribution < 1.29 is 5.11 Å². The summed E-state index contributed by atoms with van der Waals surface area (Å²) < 4.78 is 1.93. The third-order valence-corrected chi connectivity index (χ3v) is 6.33. The highest BCUT2D eigenvalue weighted by atomic mass is 16.3. The molecule has 2 aliphatic heterocycles. The number of benzene rings is 1. The van der Waals surface area contributed by atoms with Crippen molar-refractivity contribution in [3.8, 4) is 5.82 Å². The minimum Gasteiger partial charge on any atom is -0.389 e. The fourth-order valence-corrected chi connectivity index (χ4v) is 4.60. The predicted octanol–water partition coefficient (Wildman–Crippen LogP) is 2.42. The molecule has 0 radical (unpaired) electrons. The Hall–Kier alpha value is -2.51. The minimum atomic E-state index is -0.265. The molecule has 0 amide bonds. The Labute approximate surface area is 171 Å². The number of aliphatic hydroxyl groups is 1. The summed E-state index contributed by atoms with van der Waals surface area (Å²) in [6, 6.07) is 6.55. The molecular weight excluding hydrogens is 364 g/mol. The van der Waals surface area contributed by atoms with Crippen LogP contribution in [0.4, 0.5) is 5.82 Å². The van der Waals surface area contributed by atoms with Gasteiger partial charge in [-0.15, -0.1) is 0 Å². The van der Waals surface area contributed by atoms with Gasteiger partial charge in [0.05, 0.1) is 17.8 Å². The van der Waals surface area contributed by atoms with E-state index >= 15 is 0 Å². The molecular formula is C22H28N6O. The van der Waals surface area contributed by atoms with Crippen molar-refractivity contribution in [2.24, 2.45) is 0 Å². The topological polar surface area (TPSA) is 70.3 Å². The third-order valence-electron chi connectivity index (χ3n) is 6.33. The molecule has 5 rings (SSSR count). The Kier molecular flexibility index (Phi) is 4.52. The zero-order chi connectivity index (χ0) is 20.1. The van der Waals surface area contributed by atoms with Crippen molar-refractivity contribution in [2.75, 3.05) is 38.1 Å². The van der Waals surface area contributed by atoms with E-state index in [9.17, 15) is 5.11 Å². The molecule has 1 aromatic carbocycles. The van der Waals surface area contributed by atoms with Crippen molar-refractivity contribution in [2.45, 2.75) is 38.7 Å². The molecule has 7 heteroatoms. The minimum absolute atomic E-state index is 0.265. The van der Waals surface area contributed by atoms with Crippen LogP contribution in [0.5, 0.6) is 0 Å². The number of rotatable bonds is 3. The van der Waals surface area contributed by atoms with Crippen LogP contribution in [0.2, 0.25) is 0 Å². The molecule has 152 valence electrons. The second-order valence-electron chi connectivity index (χ2n) is 8.59. The van der Waals surface area contributed by atoms with Crippen LogP contribution in [0, 0.1) is 13.8 Å². The predicted molar refractivity (Wildman–Crippen MR) is 114 cm³/mol. The van der Waals surface area contributed by atoms with Crippen molar-refractivity contribution in [1.29, 1.82) is 0 Å². The lowest BCUT2D eigenvalue weighted by atomic mass is 9.86. The van der Waals surface area contributed by atoms with E-state index in [1.807, 2.05) is 23.9 Å². The van der Waals surface area contributed by atoms with E-state index < -0.39 is 0 Å². The lowest BCUT2D eigenvalue weighted by Crippen LogP contribution is -2.51. The largest absolute Gasteiger partial charge is 0.389 e. The van der Waals surface area contributed by atoms with Crippen LogP contribution in [0.1, 0.15) is 35.7 Å². The van der Waals surface area contributed by atoms with Crippen molar-refractivity contribution in [3.05, 3.63) is 41.3 Å². The zero-order valence-corrected chi connectivity index (χ0v) is 17.3. The summed E-state index contributed by atoms with van der Waals surface area (Å²) in [5.41, 5.74) is 3.88. The second-order valence-corrected chi connectivity index (χ2v) is 8.59. The highest BCUT2D eigenvalue weighted by molar-refractivity contribution is 5.82. The van der Waals surface area contributed by atoms with Gasteiger partial charge in [0.2, 0.25) is 0 Å². The molecule has 1 N–H and O–H groups in total. The zero-order valence-electron chi connectivity index (χ0n) is 17.3. The molecule has 7 nitrogen and oxygen atoms in total. The molecule has 0 bridgehead atoms. The normalized spacial score (nSPS) is 19.1. The van der Waals surface area contributed by atoms with Gasteiger partial charge in [-0.25, -0.2) is 14.6 Å². The number of likely N-dealkylation sites (tertiary alicyclic amines) is 1. The number of hydrogen-bond donors (Lipinski definition) is 1. The molecule has 29 heavy (non-hydrogen) atoms. The number of fused-ring (bicyclic) bond motifs is 1. The number of aryl methyl sites for hydroxylation is 2. The number of hydrogen-bond acceptors (Lipinski definition) is 6. The summed E-state index contributed by atoms with van der Waals surface area (Å²) in [4.78, 5) is 13.7. The SMILES string of the molecule is Cc1nc(N2CC(O)C2)cc(-n2ncc3cc(C)c(C4CCN(C)CC4)cc32)n1. The molecule has 2 saturated heterocycles. The smallest absolute Gasteiger partial charge is 0.159 e. The lowest BCUT2D eigenvalue weighted by Gasteiger charge is -2.36. The number of aliphatic hydroxyl groups excluding tert-OH is 1. The van der Waals surface area contributed by atoms with Crippen LogP contribution in [-0.4, -0.2) is 69.1 Å². The molecule has 2 aromatic heterocycles. The van der Waals surface area contributed by atoms with Gasteiger partial charge in [-0.05, 0) is 76.0 Å². The van der Waals surface area contributed by atoms with Crippen molar-refractivity contribution in [3.63, 3.8) is 0 Å². The van der Waals surface area contributed by atoms with E-state index in [1.165, 1.54) is 24.0 Å². The monoisotopic (exact) mass is 392 g/mol. The maximum atomic E-state index is 9.63. The van der Waals surface area contributed by atoms with Gasteiger partial charge in [-0.2, -0.15) is 5.10 Å². The Bertz CT molecular complexity index is 1050. The number of piperidine rings is 1. The summed E-state index contributed by atoms with van der Waals surface area (Å²) in [6.45, 7) is 7.66. The van der Waals surface area contributed by atoms with Crippen LogP contribution < -0.4 is 4.90 Å². The summed E-state index contributed by atoms with van der Waals surface area (Å²) >= 11 is 0. The summed E-state index contributed by atoms with van der Waals surface area (Å²) in [6.07, 6.45) is 4.06. The second kappa shape index (κ2) is 7.07. The van der Waals surface area contributed by atoms with Gasteiger partial charge in [0.1, 0.15) is 11.6 Å². The van der Waals surface area contributed by atoms with Gasteiger partial charge in [0, 0.05) is 24.5 Å². The summed E-state index contributed by atoms with van der Waals surface area (Å²) in [5, 5.41) is 15.4. The highest BCUT2D eigenvalue weighted by Gasteiger charge is 2.27. The van der Waals surface area contributed by atoms with Crippen LogP contribution in [-0.2, 0) is 0 Å². The molecule has 0 spiro atoms. The number of anilines is 1. The van der Waals surface area contributed by atoms with E-state index in [0.717, 1.165) is 35.6 Å². The van der Waals surface area contributed by atoms with E-state index in [-0.39, 0.29) is 6.10 Å². The molecule has 0 atom stereocenters. The fraction of sp³-hybridized carbons (Fsp3) is 0.500. The number of β-amino-alcohol motifs (C(OH)–C–C–N with tert-alkyl or cyclic N) is 1. The first kappa shape index (κ1) is 18.5. The average Bonchev–Trinajstić information content (AvgIpc) is 3.08. The summed E-state index contributed by atoms with van der Waals surface area (Å²) in [7, 11) is 2.20. The van der Waals surface area contributed by atoms with Crippen LogP contribution in [0.25, 0.3) is 16.7 Å². The third kappa shape index (κ3) is 3.38. The molecule has 0 unspecified atom stereocenters. The number of aromatic nitrogens is 4. The van der Waals surface area contributed by atoms with E-state index in [1.54, 1.807) is 0 Å². The van der Waals surface area contributed by atoms with Gasteiger partial charge >= 0.3 is 0 Å². The quantitative estimate of drug-likeness (QED) is 0.738. The van der Waals surface area contributed by atoms with Crippen LogP contribution in [0.15, 0.2) is 24.4 Å². The molecule has 0 saturated carbocycles. The average molecular weight is 393 g/mol. The van der Waals surface area contributed by atoms with E-state index in [0.29, 0.717) is 24.8 Å². The molecule has 3 aromatic rings. The van der Waals surface area contributed by atoms with Gasteiger partial charge in [0.25, 0.3) is 0 Å². The highest BCUT2D eigenvalue weighted by Crippen LogP contribution is 2.33.